The Morgan fingerprint density at radius 1 is 1.40 bits per heavy atom. The van der Waals surface area contributed by atoms with Gasteiger partial charge in [-0.2, -0.15) is 0 Å². The van der Waals surface area contributed by atoms with Crippen LogP contribution in [0.2, 0.25) is 0 Å². The van der Waals surface area contributed by atoms with Crippen LogP contribution in [0.1, 0.15) is 58.2 Å². The topological polar surface area (TPSA) is 34.2 Å². The SMILES string of the molecule is CCNC(c1ncccc1OC)C1CCC(C)(C)CC1. The highest BCUT2D eigenvalue weighted by atomic mass is 16.5. The van der Waals surface area contributed by atoms with E-state index in [0.29, 0.717) is 17.4 Å². The van der Waals surface area contributed by atoms with Crippen LogP contribution in [0, 0.1) is 11.3 Å². The van der Waals surface area contributed by atoms with Crippen molar-refractivity contribution >= 4 is 0 Å². The number of nitrogens with one attached hydrogen (secondary N) is 1. The summed E-state index contributed by atoms with van der Waals surface area (Å²) in [6.07, 6.45) is 7.01. The Labute approximate surface area is 123 Å². The highest BCUT2D eigenvalue weighted by molar-refractivity contribution is 5.30. The third-order valence-electron chi connectivity index (χ3n) is 4.59. The van der Waals surface area contributed by atoms with Gasteiger partial charge in [-0.15, -0.1) is 0 Å². The molecule has 1 atom stereocenters. The van der Waals surface area contributed by atoms with Crippen molar-refractivity contribution in [3.63, 3.8) is 0 Å². The van der Waals surface area contributed by atoms with Gasteiger partial charge in [0.25, 0.3) is 0 Å². The Balaban J connectivity index is 2.19. The number of methoxy groups -OCH3 is 1. The normalized spacial score (nSPS) is 20.6. The summed E-state index contributed by atoms with van der Waals surface area (Å²) >= 11 is 0. The van der Waals surface area contributed by atoms with Gasteiger partial charge in [-0.05, 0) is 55.7 Å². The van der Waals surface area contributed by atoms with Crippen molar-refractivity contribution in [3.8, 4) is 5.75 Å². The zero-order valence-corrected chi connectivity index (χ0v) is 13.3. The molecule has 0 bridgehead atoms. The van der Waals surface area contributed by atoms with Crippen LogP contribution in [-0.4, -0.2) is 18.6 Å². The van der Waals surface area contributed by atoms with Gasteiger partial charge >= 0.3 is 0 Å². The molecule has 1 aliphatic rings. The molecular weight excluding hydrogens is 248 g/mol. The first-order valence-corrected chi connectivity index (χ1v) is 7.79. The van der Waals surface area contributed by atoms with Crippen LogP contribution in [0.4, 0.5) is 0 Å². The van der Waals surface area contributed by atoms with Crippen molar-refractivity contribution in [1.82, 2.24) is 10.3 Å². The molecule has 1 aliphatic carbocycles. The molecule has 0 radical (unpaired) electrons. The van der Waals surface area contributed by atoms with E-state index < -0.39 is 0 Å². The molecule has 0 amide bonds. The van der Waals surface area contributed by atoms with Crippen LogP contribution in [0.5, 0.6) is 5.75 Å². The summed E-state index contributed by atoms with van der Waals surface area (Å²) in [6, 6.07) is 4.27. The largest absolute Gasteiger partial charge is 0.495 e. The molecule has 0 aromatic carbocycles. The number of pyridine rings is 1. The molecule has 1 N–H and O–H groups in total. The van der Waals surface area contributed by atoms with Crippen LogP contribution in [0.15, 0.2) is 18.3 Å². The Morgan fingerprint density at radius 2 is 2.10 bits per heavy atom. The van der Waals surface area contributed by atoms with Crippen molar-refractivity contribution in [3.05, 3.63) is 24.0 Å². The standard InChI is InChI=1S/C17H28N2O/c1-5-18-15(13-8-10-17(2,3)11-9-13)16-14(20-4)7-6-12-19-16/h6-7,12-13,15,18H,5,8-11H2,1-4H3. The predicted octanol–water partition coefficient (Wildman–Crippen LogP) is 3.96. The second-order valence-electron chi connectivity index (χ2n) is 6.63. The number of hydrogen-bond acceptors (Lipinski definition) is 3. The summed E-state index contributed by atoms with van der Waals surface area (Å²) in [5.74, 6) is 1.56. The van der Waals surface area contributed by atoms with Gasteiger partial charge in [-0.1, -0.05) is 20.8 Å². The van der Waals surface area contributed by atoms with Gasteiger partial charge in [0.05, 0.1) is 18.8 Å². The van der Waals surface area contributed by atoms with E-state index in [1.165, 1.54) is 25.7 Å². The Morgan fingerprint density at radius 3 is 2.70 bits per heavy atom. The van der Waals surface area contributed by atoms with E-state index in [0.717, 1.165) is 18.0 Å². The quantitative estimate of drug-likeness (QED) is 0.884. The average Bonchev–Trinajstić information content (AvgIpc) is 2.45. The number of hydrogen-bond donors (Lipinski definition) is 1. The Bertz CT molecular complexity index is 421. The zero-order chi connectivity index (χ0) is 14.6. The molecule has 112 valence electrons. The van der Waals surface area contributed by atoms with Crippen LogP contribution in [-0.2, 0) is 0 Å². The molecule has 3 heteroatoms. The van der Waals surface area contributed by atoms with Gasteiger partial charge in [0, 0.05) is 6.20 Å². The summed E-state index contributed by atoms with van der Waals surface area (Å²) in [6.45, 7) is 7.89. The molecular formula is C17H28N2O. The van der Waals surface area contributed by atoms with E-state index in [9.17, 15) is 0 Å². The van der Waals surface area contributed by atoms with Gasteiger partial charge in [-0.3, -0.25) is 4.98 Å². The summed E-state index contributed by atoms with van der Waals surface area (Å²) in [5, 5.41) is 3.63. The second kappa shape index (κ2) is 6.57. The van der Waals surface area contributed by atoms with Crippen molar-refractivity contribution in [2.24, 2.45) is 11.3 Å². The first-order chi connectivity index (χ1) is 9.57. The molecule has 1 saturated carbocycles. The monoisotopic (exact) mass is 276 g/mol. The molecule has 3 nitrogen and oxygen atoms in total. The number of nitrogens with zero attached hydrogens (tertiary/aromatic N) is 1. The highest BCUT2D eigenvalue weighted by Crippen LogP contribution is 2.43. The summed E-state index contributed by atoms with van der Waals surface area (Å²) in [4.78, 5) is 4.59. The van der Waals surface area contributed by atoms with Crippen molar-refractivity contribution in [1.29, 1.82) is 0 Å². The Hall–Kier alpha value is -1.09. The van der Waals surface area contributed by atoms with Crippen LogP contribution >= 0.6 is 0 Å². The van der Waals surface area contributed by atoms with Gasteiger partial charge in [0.15, 0.2) is 0 Å². The maximum atomic E-state index is 5.50. The van der Waals surface area contributed by atoms with E-state index in [-0.39, 0.29) is 0 Å². The molecule has 1 aromatic rings. The minimum absolute atomic E-state index is 0.312. The van der Waals surface area contributed by atoms with Crippen LogP contribution in [0.25, 0.3) is 0 Å². The van der Waals surface area contributed by atoms with E-state index in [1.54, 1.807) is 7.11 Å². The van der Waals surface area contributed by atoms with E-state index >= 15 is 0 Å². The van der Waals surface area contributed by atoms with Crippen molar-refractivity contribution in [2.45, 2.75) is 52.5 Å². The first-order valence-electron chi connectivity index (χ1n) is 7.79. The maximum absolute atomic E-state index is 5.50. The fourth-order valence-electron chi connectivity index (χ4n) is 3.27. The molecule has 1 aromatic heterocycles. The number of ether oxygens (including phenoxy) is 1. The maximum Gasteiger partial charge on any atom is 0.141 e. The van der Waals surface area contributed by atoms with E-state index in [1.807, 2.05) is 18.3 Å². The summed E-state index contributed by atoms with van der Waals surface area (Å²) in [7, 11) is 1.73. The van der Waals surface area contributed by atoms with Crippen molar-refractivity contribution in [2.75, 3.05) is 13.7 Å². The number of aromatic nitrogens is 1. The molecule has 0 aliphatic heterocycles. The average molecular weight is 276 g/mol. The highest BCUT2D eigenvalue weighted by Gasteiger charge is 2.33. The lowest BCUT2D eigenvalue weighted by Gasteiger charge is -2.38. The van der Waals surface area contributed by atoms with Gasteiger partial charge in [0.2, 0.25) is 0 Å². The smallest absolute Gasteiger partial charge is 0.141 e. The van der Waals surface area contributed by atoms with E-state index in [4.69, 9.17) is 4.74 Å². The van der Waals surface area contributed by atoms with Crippen LogP contribution in [0.3, 0.4) is 0 Å². The predicted molar refractivity (Wildman–Crippen MR) is 82.9 cm³/mol. The van der Waals surface area contributed by atoms with E-state index in [2.05, 4.69) is 31.1 Å². The van der Waals surface area contributed by atoms with Gasteiger partial charge < -0.3 is 10.1 Å². The first kappa shape index (κ1) is 15.3. The molecule has 0 saturated heterocycles. The lowest BCUT2D eigenvalue weighted by molar-refractivity contribution is 0.159. The summed E-state index contributed by atoms with van der Waals surface area (Å²) in [5.41, 5.74) is 1.57. The van der Waals surface area contributed by atoms with Gasteiger partial charge in [0.1, 0.15) is 5.75 Å². The molecule has 1 unspecified atom stereocenters. The summed E-state index contributed by atoms with van der Waals surface area (Å²) < 4.78 is 5.50. The number of rotatable bonds is 5. The third-order valence-corrected chi connectivity index (χ3v) is 4.59. The second-order valence-corrected chi connectivity index (χ2v) is 6.63. The molecule has 1 heterocycles. The molecule has 1 fully saturated rings. The third kappa shape index (κ3) is 3.51. The fourth-order valence-corrected chi connectivity index (χ4v) is 3.27. The van der Waals surface area contributed by atoms with Crippen molar-refractivity contribution < 1.29 is 4.74 Å². The molecule has 2 rings (SSSR count). The molecule has 0 spiro atoms. The lowest BCUT2D eigenvalue weighted by atomic mass is 9.70. The minimum atomic E-state index is 0.312. The van der Waals surface area contributed by atoms with Gasteiger partial charge in [-0.25, -0.2) is 0 Å². The lowest BCUT2D eigenvalue weighted by Crippen LogP contribution is -2.33. The minimum Gasteiger partial charge on any atom is -0.495 e. The Kier molecular flexibility index (Phi) is 5.03. The molecule has 20 heavy (non-hydrogen) atoms. The zero-order valence-electron chi connectivity index (χ0n) is 13.3. The van der Waals surface area contributed by atoms with Crippen LogP contribution < -0.4 is 10.1 Å². The fraction of sp³-hybridized carbons (Fsp3) is 0.706.